The van der Waals surface area contributed by atoms with Crippen LogP contribution < -0.4 is 14.8 Å². The minimum absolute atomic E-state index is 0.0380. The standard InChI is InChI=1S/C22H19BrN4O3S/c1-2-20-26-27-22(31-20)25-21(28)16(14-24)12-15-4-3-5-19(13-15)30-11-10-29-18-8-6-17(23)7-9-18/h3-9,12-13H,2,10-11H2,1H3,(H,25,27,28)/b16-12-. The van der Waals surface area contributed by atoms with Gasteiger partial charge in [-0.05, 0) is 54.5 Å². The Morgan fingerprint density at radius 1 is 1.16 bits per heavy atom. The van der Waals surface area contributed by atoms with Gasteiger partial charge in [0.05, 0.1) is 0 Å². The topological polar surface area (TPSA) is 97.1 Å². The normalized spacial score (nSPS) is 10.9. The summed E-state index contributed by atoms with van der Waals surface area (Å²) in [7, 11) is 0. The number of anilines is 1. The molecule has 0 fully saturated rings. The van der Waals surface area contributed by atoms with E-state index in [-0.39, 0.29) is 5.57 Å². The van der Waals surface area contributed by atoms with Crippen LogP contribution in [0.5, 0.6) is 11.5 Å². The molecular formula is C22H19BrN4O3S. The fourth-order valence-corrected chi connectivity index (χ4v) is 3.41. The van der Waals surface area contributed by atoms with Gasteiger partial charge < -0.3 is 9.47 Å². The predicted octanol–water partition coefficient (Wildman–Crippen LogP) is 4.87. The van der Waals surface area contributed by atoms with Crippen LogP contribution in [0.1, 0.15) is 17.5 Å². The Bertz CT molecular complexity index is 1110. The van der Waals surface area contributed by atoms with Gasteiger partial charge >= 0.3 is 0 Å². The number of aryl methyl sites for hydroxylation is 1. The average molecular weight is 499 g/mol. The number of ether oxygens (including phenoxy) is 2. The molecule has 0 aliphatic carbocycles. The molecule has 158 valence electrons. The molecule has 0 unspecified atom stereocenters. The van der Waals surface area contributed by atoms with Gasteiger partial charge in [-0.2, -0.15) is 5.26 Å². The van der Waals surface area contributed by atoms with Crippen molar-refractivity contribution in [2.75, 3.05) is 18.5 Å². The van der Waals surface area contributed by atoms with Crippen molar-refractivity contribution < 1.29 is 14.3 Å². The average Bonchev–Trinajstić information content (AvgIpc) is 3.24. The second-order valence-electron chi connectivity index (χ2n) is 6.20. The predicted molar refractivity (Wildman–Crippen MR) is 123 cm³/mol. The number of hydrogen-bond donors (Lipinski definition) is 1. The van der Waals surface area contributed by atoms with Crippen molar-refractivity contribution in [3.8, 4) is 17.6 Å². The Kier molecular flexibility index (Phi) is 8.15. The fraction of sp³-hybridized carbons (Fsp3) is 0.182. The summed E-state index contributed by atoms with van der Waals surface area (Å²) in [4.78, 5) is 12.4. The van der Waals surface area contributed by atoms with E-state index in [2.05, 4.69) is 31.4 Å². The number of carbonyl (C=O) groups is 1. The second-order valence-corrected chi connectivity index (χ2v) is 8.18. The highest BCUT2D eigenvalue weighted by atomic mass is 79.9. The van der Waals surface area contributed by atoms with E-state index in [4.69, 9.17) is 9.47 Å². The van der Waals surface area contributed by atoms with E-state index >= 15 is 0 Å². The number of benzene rings is 2. The molecule has 2 aromatic carbocycles. The van der Waals surface area contributed by atoms with E-state index in [1.165, 1.54) is 17.4 Å². The molecule has 1 amide bonds. The van der Waals surface area contributed by atoms with Gasteiger partial charge in [0.25, 0.3) is 5.91 Å². The molecule has 0 saturated heterocycles. The number of amides is 1. The first-order chi connectivity index (χ1) is 15.1. The molecule has 0 spiro atoms. The van der Waals surface area contributed by atoms with E-state index in [9.17, 15) is 10.1 Å². The Hall–Kier alpha value is -3.22. The molecule has 31 heavy (non-hydrogen) atoms. The summed E-state index contributed by atoms with van der Waals surface area (Å²) >= 11 is 4.66. The molecule has 0 aliphatic rings. The maximum Gasteiger partial charge on any atom is 0.268 e. The zero-order valence-electron chi connectivity index (χ0n) is 16.7. The van der Waals surface area contributed by atoms with Crippen molar-refractivity contribution >= 4 is 44.4 Å². The van der Waals surface area contributed by atoms with Crippen LogP contribution in [-0.2, 0) is 11.2 Å². The third-order valence-corrected chi connectivity index (χ3v) is 5.47. The van der Waals surface area contributed by atoms with Crippen molar-refractivity contribution in [3.05, 3.63) is 69.1 Å². The van der Waals surface area contributed by atoms with Crippen LogP contribution in [0.15, 0.2) is 58.6 Å². The third-order valence-electron chi connectivity index (χ3n) is 3.96. The molecule has 9 heteroatoms. The summed E-state index contributed by atoms with van der Waals surface area (Å²) in [6, 6.07) is 16.6. The Balaban J connectivity index is 1.57. The molecule has 0 bridgehead atoms. The molecule has 0 atom stereocenters. The quantitative estimate of drug-likeness (QED) is 0.257. The smallest absolute Gasteiger partial charge is 0.268 e. The van der Waals surface area contributed by atoms with E-state index < -0.39 is 5.91 Å². The monoisotopic (exact) mass is 498 g/mol. The van der Waals surface area contributed by atoms with Crippen molar-refractivity contribution in [1.29, 1.82) is 5.26 Å². The van der Waals surface area contributed by atoms with Crippen molar-refractivity contribution in [2.24, 2.45) is 0 Å². The van der Waals surface area contributed by atoms with Crippen molar-refractivity contribution in [3.63, 3.8) is 0 Å². The second kappa shape index (κ2) is 11.2. The Labute approximate surface area is 192 Å². The van der Waals surface area contributed by atoms with Crippen LogP contribution in [0, 0.1) is 11.3 Å². The number of nitriles is 1. The Morgan fingerprint density at radius 3 is 2.58 bits per heavy atom. The summed E-state index contributed by atoms with van der Waals surface area (Å²) in [5.74, 6) is 0.840. The van der Waals surface area contributed by atoms with Gasteiger partial charge in [-0.1, -0.05) is 46.3 Å². The van der Waals surface area contributed by atoms with Crippen LogP contribution in [0.2, 0.25) is 0 Å². The van der Waals surface area contributed by atoms with E-state index in [0.29, 0.717) is 29.7 Å². The highest BCUT2D eigenvalue weighted by Crippen LogP contribution is 2.19. The number of nitrogens with zero attached hydrogens (tertiary/aromatic N) is 3. The molecule has 3 rings (SSSR count). The van der Waals surface area contributed by atoms with Gasteiger partial charge in [0.15, 0.2) is 0 Å². The van der Waals surface area contributed by atoms with Gasteiger partial charge in [-0.3, -0.25) is 10.1 Å². The lowest BCUT2D eigenvalue weighted by atomic mass is 10.1. The molecule has 1 N–H and O–H groups in total. The molecule has 7 nitrogen and oxygen atoms in total. The van der Waals surface area contributed by atoms with Gasteiger partial charge in [-0.25, -0.2) is 0 Å². The van der Waals surface area contributed by atoms with Crippen LogP contribution in [0.4, 0.5) is 5.13 Å². The highest BCUT2D eigenvalue weighted by molar-refractivity contribution is 9.10. The van der Waals surface area contributed by atoms with Gasteiger partial charge in [0, 0.05) is 4.47 Å². The van der Waals surface area contributed by atoms with Crippen LogP contribution in [0.25, 0.3) is 6.08 Å². The molecule has 0 saturated carbocycles. The zero-order valence-corrected chi connectivity index (χ0v) is 19.1. The number of hydrogen-bond acceptors (Lipinski definition) is 7. The van der Waals surface area contributed by atoms with Crippen molar-refractivity contribution in [2.45, 2.75) is 13.3 Å². The first kappa shape index (κ1) is 22.5. The highest BCUT2D eigenvalue weighted by Gasteiger charge is 2.12. The molecule has 3 aromatic rings. The SMILES string of the molecule is CCc1nnc(NC(=O)/C(C#N)=C\c2cccc(OCCOc3ccc(Br)cc3)c2)s1. The maximum atomic E-state index is 12.4. The van der Waals surface area contributed by atoms with Gasteiger partial charge in [0.1, 0.15) is 41.4 Å². The van der Waals surface area contributed by atoms with E-state index in [1.54, 1.807) is 24.3 Å². The lowest BCUT2D eigenvalue weighted by Gasteiger charge is -2.09. The minimum Gasteiger partial charge on any atom is -0.490 e. The number of carbonyl (C=O) groups excluding carboxylic acids is 1. The Morgan fingerprint density at radius 2 is 1.90 bits per heavy atom. The van der Waals surface area contributed by atoms with E-state index in [1.807, 2.05) is 37.3 Å². The maximum absolute atomic E-state index is 12.4. The summed E-state index contributed by atoms with van der Waals surface area (Å²) in [6.45, 7) is 2.69. The first-order valence-corrected chi connectivity index (χ1v) is 11.0. The summed E-state index contributed by atoms with van der Waals surface area (Å²) in [5.41, 5.74) is 0.633. The molecule has 1 aromatic heterocycles. The largest absolute Gasteiger partial charge is 0.490 e. The van der Waals surface area contributed by atoms with Gasteiger partial charge in [0.2, 0.25) is 5.13 Å². The lowest BCUT2D eigenvalue weighted by Crippen LogP contribution is -2.13. The zero-order chi connectivity index (χ0) is 22.1. The fourth-order valence-electron chi connectivity index (χ4n) is 2.47. The molecular weight excluding hydrogens is 480 g/mol. The van der Waals surface area contributed by atoms with Crippen LogP contribution in [0.3, 0.4) is 0 Å². The van der Waals surface area contributed by atoms with Crippen LogP contribution >= 0.6 is 27.3 Å². The number of nitrogens with one attached hydrogen (secondary N) is 1. The molecule has 0 aliphatic heterocycles. The number of rotatable bonds is 9. The first-order valence-electron chi connectivity index (χ1n) is 9.44. The molecule has 1 heterocycles. The van der Waals surface area contributed by atoms with E-state index in [0.717, 1.165) is 21.7 Å². The number of halogens is 1. The summed E-state index contributed by atoms with van der Waals surface area (Å²) in [6.07, 6.45) is 2.23. The summed E-state index contributed by atoms with van der Waals surface area (Å²) < 4.78 is 12.3. The van der Waals surface area contributed by atoms with Gasteiger partial charge in [-0.15, -0.1) is 10.2 Å². The molecule has 0 radical (unpaired) electrons. The minimum atomic E-state index is -0.532. The lowest BCUT2D eigenvalue weighted by molar-refractivity contribution is -0.112. The summed E-state index contributed by atoms with van der Waals surface area (Å²) in [5, 5.41) is 21.0. The van der Waals surface area contributed by atoms with Crippen molar-refractivity contribution in [1.82, 2.24) is 10.2 Å². The number of aromatic nitrogens is 2. The third kappa shape index (κ3) is 6.91. The van der Waals surface area contributed by atoms with Crippen LogP contribution in [-0.4, -0.2) is 29.3 Å².